The van der Waals surface area contributed by atoms with Crippen LogP contribution in [-0.4, -0.2) is 109 Å². The molecule has 2 saturated carbocycles. The van der Waals surface area contributed by atoms with Crippen LogP contribution in [0.15, 0.2) is 90.1 Å². The number of carbonyl (C=O) groups excluding carboxylic acids is 1. The summed E-state index contributed by atoms with van der Waals surface area (Å²) in [7, 11) is -1.99. The first-order valence-electron chi connectivity index (χ1n) is 27.4. The van der Waals surface area contributed by atoms with E-state index in [1.165, 1.54) is 55.8 Å². The molecule has 3 aromatic heterocycles. The Bertz CT molecular complexity index is 3200. The Hall–Kier alpha value is -6.32. The van der Waals surface area contributed by atoms with E-state index in [9.17, 15) is 32.3 Å². The number of hydrogen-bond donors (Lipinski definition) is 3. The first-order chi connectivity index (χ1) is 37.6. The van der Waals surface area contributed by atoms with Gasteiger partial charge in [0.25, 0.3) is 27.7 Å². The Labute approximate surface area is 461 Å². The van der Waals surface area contributed by atoms with Crippen molar-refractivity contribution in [2.75, 3.05) is 68.7 Å². The molecular weight excluding hydrogens is 1040 g/mol. The highest BCUT2D eigenvalue weighted by Crippen LogP contribution is 2.54. The van der Waals surface area contributed by atoms with Crippen LogP contribution in [0.25, 0.3) is 5.83 Å². The van der Waals surface area contributed by atoms with Gasteiger partial charge in [0.15, 0.2) is 5.75 Å². The molecule has 1 spiro atoms. The highest BCUT2D eigenvalue weighted by molar-refractivity contribution is 7.90. The van der Waals surface area contributed by atoms with Crippen LogP contribution in [0.4, 0.5) is 30.4 Å². The number of pyridine rings is 3. The number of aliphatic hydroxyl groups is 1. The van der Waals surface area contributed by atoms with Crippen LogP contribution in [0.1, 0.15) is 135 Å². The largest absolute Gasteiger partial charge is 0.758 e. The number of hydrogen-bond acceptors (Lipinski definition) is 15. The number of nitrogens with one attached hydrogen (secondary N) is 2. The number of methoxy groups -OCH3 is 1. The van der Waals surface area contributed by atoms with Gasteiger partial charge in [-0.1, -0.05) is 38.1 Å². The summed E-state index contributed by atoms with van der Waals surface area (Å²) in [6.07, 6.45) is 11.0. The number of piperazine rings is 1. The summed E-state index contributed by atoms with van der Waals surface area (Å²) in [5, 5.41) is 26.9. The van der Waals surface area contributed by atoms with Gasteiger partial charge in [-0.3, -0.25) is 19.6 Å². The zero-order valence-corrected chi connectivity index (χ0v) is 46.6. The zero-order valence-electron chi connectivity index (χ0n) is 45.8. The highest BCUT2D eigenvalue weighted by atomic mass is 32.2. The van der Waals surface area contributed by atoms with E-state index in [2.05, 4.69) is 77.8 Å². The van der Waals surface area contributed by atoms with Crippen molar-refractivity contribution < 1.29 is 41.0 Å². The third-order valence-electron chi connectivity index (χ3n) is 17.0. The van der Waals surface area contributed by atoms with Gasteiger partial charge in [0.2, 0.25) is 0 Å². The van der Waals surface area contributed by atoms with Crippen molar-refractivity contribution in [2.24, 2.45) is 11.3 Å². The smallest absolute Gasteiger partial charge is 0.286 e. The van der Waals surface area contributed by atoms with Crippen LogP contribution in [0.3, 0.4) is 0 Å². The van der Waals surface area contributed by atoms with Gasteiger partial charge in [-0.2, -0.15) is 8.78 Å². The van der Waals surface area contributed by atoms with E-state index in [1.54, 1.807) is 12.1 Å². The van der Waals surface area contributed by atoms with Crippen LogP contribution in [0.5, 0.6) is 17.4 Å². The number of amides is 1. The van der Waals surface area contributed by atoms with E-state index in [4.69, 9.17) is 9.47 Å². The summed E-state index contributed by atoms with van der Waals surface area (Å²) in [5.41, 5.74) is 3.86. The second-order valence-corrected chi connectivity index (χ2v) is 24.8. The number of rotatable bonds is 17. The summed E-state index contributed by atoms with van der Waals surface area (Å²) in [4.78, 5) is 33.9. The third-order valence-corrected chi connectivity index (χ3v) is 18.3. The molecule has 422 valence electrons. The lowest BCUT2D eigenvalue weighted by atomic mass is 9.59. The fourth-order valence-corrected chi connectivity index (χ4v) is 13.3. The molecule has 1 amide bonds. The molecule has 5 aliphatic rings. The van der Waals surface area contributed by atoms with Crippen LogP contribution in [0.2, 0.25) is 0 Å². The van der Waals surface area contributed by atoms with Gasteiger partial charge in [0.05, 0.1) is 29.7 Å². The molecule has 2 aliphatic heterocycles. The average molecular weight is 1110 g/mol. The molecule has 2 aromatic carbocycles. The number of anilines is 3. The Balaban J connectivity index is 0.853. The Kier molecular flexibility index (Phi) is 15.8. The summed E-state index contributed by atoms with van der Waals surface area (Å²) in [5.74, 6) is -3.73. The number of alkyl halides is 2. The van der Waals surface area contributed by atoms with Gasteiger partial charge >= 0.3 is 0 Å². The molecule has 1 atom stereocenters. The zero-order chi connectivity index (χ0) is 56.0. The fraction of sp³-hybridized carbons (Fsp3) is 0.492. The van der Waals surface area contributed by atoms with E-state index in [0.29, 0.717) is 61.7 Å². The molecule has 20 heteroatoms. The molecule has 4 fully saturated rings. The minimum atomic E-state index is -4.62. The lowest BCUT2D eigenvalue weighted by Gasteiger charge is -2.58. The van der Waals surface area contributed by atoms with Crippen LogP contribution in [-0.2, 0) is 28.9 Å². The second-order valence-electron chi connectivity index (χ2n) is 23.1. The lowest BCUT2D eigenvalue weighted by molar-refractivity contribution is -0.0628. The summed E-state index contributed by atoms with van der Waals surface area (Å²) >= 11 is 0. The number of allylic oxidation sites excluding steroid dienone is 1. The SMILES string of the molecule is COc1nc2c(cc1Oc1cc(N3CCC4(CC3)CC(N3CCN(Cc5ccnc(C(C)(F)F)c5)C[C@H]3c3ccccc3C(C)C)C4)ccc1C(=O)NS(=O)(=O)c1cnc(NCC3CCC(C)(O)CC3)c(N(C)[O-])c1)C(F)=CC2. The molecule has 5 heterocycles. The maximum absolute atomic E-state index is 15.0. The molecule has 3 aliphatic carbocycles. The number of nitrogens with zero attached hydrogens (tertiary/aromatic N) is 7. The van der Waals surface area contributed by atoms with Crippen molar-refractivity contribution in [3.05, 3.63) is 130 Å². The molecule has 10 rings (SSSR count). The standard InChI is InChI=1S/C59H71F3N9O7S/c1-37(2)43-9-7-8-10-44(43)50-36-69(35-39-17-22-63-53(27-39)58(4,61)62)25-26-71(50)41-31-59(32-41)20-23-70(24-21-59)40-11-12-45(51(28-40)78-52-30-46-47(60)13-14-48(46)66-56(52)77-6)55(72)67-79(75,76)42-29-49(68(5)74)54(65-34-42)64-33-38-15-18-57(3,73)19-16-38/h7-13,17,22,27-30,34,37-38,41,50,73H,14-16,18-21,23-26,31-33,35-36H2,1-6H3,(H,64,65)(H,67,72)/q-1/t38?,50-,57?/m0/s1. The van der Waals surface area contributed by atoms with Crippen molar-refractivity contribution in [1.29, 1.82) is 0 Å². The number of sulfonamides is 1. The quantitative estimate of drug-likeness (QED) is 0.0746. The Morgan fingerprint density at radius 3 is 2.44 bits per heavy atom. The predicted octanol–water partition coefficient (Wildman–Crippen LogP) is 10.5. The molecule has 0 unspecified atom stereocenters. The van der Waals surface area contributed by atoms with Crippen LogP contribution in [0, 0.1) is 16.5 Å². The minimum absolute atomic E-state index is 0.0157. The number of fused-ring (bicyclic) bond motifs is 1. The van der Waals surface area contributed by atoms with Gasteiger partial charge < -0.3 is 35.1 Å². The Morgan fingerprint density at radius 1 is 0.987 bits per heavy atom. The summed E-state index contributed by atoms with van der Waals surface area (Å²) < 4.78 is 85.7. The van der Waals surface area contributed by atoms with Gasteiger partial charge in [-0.15, -0.1) is 0 Å². The molecule has 0 bridgehead atoms. The molecule has 16 nitrogen and oxygen atoms in total. The van der Waals surface area contributed by atoms with Gasteiger partial charge in [-0.05, 0) is 142 Å². The molecule has 2 saturated heterocycles. The maximum Gasteiger partial charge on any atom is 0.286 e. The van der Waals surface area contributed by atoms with Crippen molar-refractivity contribution in [2.45, 2.75) is 126 Å². The number of benzene rings is 2. The normalized spacial score (nSPS) is 21.8. The van der Waals surface area contributed by atoms with E-state index < -0.39 is 38.2 Å². The number of ether oxygens (including phenoxy) is 2. The van der Waals surface area contributed by atoms with Crippen LogP contribution < -0.4 is 29.5 Å². The average Bonchev–Trinajstić information content (AvgIpc) is 3.97. The monoisotopic (exact) mass is 1110 g/mol. The number of halogens is 3. The lowest BCUT2D eigenvalue weighted by Crippen LogP contribution is -2.60. The van der Waals surface area contributed by atoms with E-state index in [0.717, 1.165) is 88.6 Å². The molecule has 3 N–H and O–H groups in total. The third kappa shape index (κ3) is 12.2. The number of carbonyl (C=O) groups is 1. The molecular formula is C59H71F3N9O7S-. The van der Waals surface area contributed by atoms with Crippen LogP contribution >= 0.6 is 0 Å². The van der Waals surface area contributed by atoms with Gasteiger partial charge in [0, 0.05) is 101 Å². The topological polar surface area (TPSA) is 189 Å². The van der Waals surface area contributed by atoms with Crippen molar-refractivity contribution in [1.82, 2.24) is 29.5 Å². The minimum Gasteiger partial charge on any atom is -0.758 e. The number of hydroxylamine groups is 1. The van der Waals surface area contributed by atoms with E-state index >= 15 is 4.39 Å². The molecule has 0 radical (unpaired) electrons. The number of aromatic nitrogens is 3. The van der Waals surface area contributed by atoms with Crippen molar-refractivity contribution in [3.63, 3.8) is 0 Å². The maximum atomic E-state index is 15.0. The number of piperidine rings is 1. The van der Waals surface area contributed by atoms with Crippen molar-refractivity contribution >= 4 is 38.9 Å². The van der Waals surface area contributed by atoms with Crippen molar-refractivity contribution in [3.8, 4) is 17.4 Å². The van der Waals surface area contributed by atoms with E-state index in [-0.39, 0.29) is 69.5 Å². The highest BCUT2D eigenvalue weighted by Gasteiger charge is 2.50. The predicted molar refractivity (Wildman–Crippen MR) is 298 cm³/mol. The molecule has 5 aromatic rings. The molecule has 79 heavy (non-hydrogen) atoms. The summed E-state index contributed by atoms with van der Waals surface area (Å²) in [6, 6.07) is 20.1. The Morgan fingerprint density at radius 2 is 1.73 bits per heavy atom. The first kappa shape index (κ1) is 56.0. The summed E-state index contributed by atoms with van der Waals surface area (Å²) in [6.45, 7) is 12.0. The first-order valence-corrected chi connectivity index (χ1v) is 28.9. The second kappa shape index (κ2) is 22.3. The van der Waals surface area contributed by atoms with E-state index in [1.807, 2.05) is 13.0 Å². The van der Waals surface area contributed by atoms with Gasteiger partial charge in [0.1, 0.15) is 28.0 Å². The van der Waals surface area contributed by atoms with Gasteiger partial charge in [-0.25, -0.2) is 27.5 Å². The fourth-order valence-electron chi connectivity index (χ4n) is 12.4.